The first-order valence-electron chi connectivity index (χ1n) is 8.82. The highest BCUT2D eigenvalue weighted by Crippen LogP contribution is 2.32. The molecule has 2 aliphatic rings. The normalized spacial score (nSPS) is 16.2. The Hall–Kier alpha value is -2.45. The van der Waals surface area contributed by atoms with Crippen LogP contribution in [0.25, 0.3) is 0 Å². The highest BCUT2D eigenvalue weighted by Gasteiger charge is 2.28. The summed E-state index contributed by atoms with van der Waals surface area (Å²) < 4.78 is 36.5. The summed E-state index contributed by atoms with van der Waals surface area (Å²) >= 11 is 0. The number of rotatable bonds is 3. The zero-order valence-corrected chi connectivity index (χ0v) is 15.5. The van der Waals surface area contributed by atoms with E-state index in [1.807, 2.05) is 4.90 Å². The van der Waals surface area contributed by atoms with E-state index in [0.29, 0.717) is 13.0 Å². The predicted molar refractivity (Wildman–Crippen MR) is 101 cm³/mol. The zero-order valence-electron chi connectivity index (χ0n) is 14.7. The van der Waals surface area contributed by atoms with Crippen molar-refractivity contribution in [2.24, 2.45) is 5.14 Å². The van der Waals surface area contributed by atoms with Crippen LogP contribution in [0.1, 0.15) is 17.5 Å². The largest absolute Gasteiger partial charge is 0.362 e. The topological polar surface area (TPSA) is 83.7 Å². The van der Waals surface area contributed by atoms with Crippen LogP contribution < -0.4 is 14.9 Å². The number of aryl methyl sites for hydroxylation is 1. The lowest BCUT2D eigenvalue weighted by molar-refractivity contribution is -0.117. The Morgan fingerprint density at radius 1 is 1.04 bits per heavy atom. The molecular weight excluding hydrogens is 369 g/mol. The molecule has 27 heavy (non-hydrogen) atoms. The summed E-state index contributed by atoms with van der Waals surface area (Å²) in [5, 5.41) is 5.18. The Labute approximate surface area is 157 Å². The SMILES string of the molecule is NS(=O)(=O)c1ccc2c(c1)CCN2C(=O)CN1CCCc2cc(F)ccc21. The van der Waals surface area contributed by atoms with Gasteiger partial charge in [0.25, 0.3) is 0 Å². The van der Waals surface area contributed by atoms with Gasteiger partial charge >= 0.3 is 0 Å². The van der Waals surface area contributed by atoms with Crippen molar-refractivity contribution < 1.29 is 17.6 Å². The van der Waals surface area contributed by atoms with Gasteiger partial charge in [0.15, 0.2) is 0 Å². The van der Waals surface area contributed by atoms with E-state index in [1.54, 1.807) is 17.0 Å². The fraction of sp³-hybridized carbons (Fsp3) is 0.316. The van der Waals surface area contributed by atoms with Crippen LogP contribution in [0, 0.1) is 5.82 Å². The minimum atomic E-state index is -3.76. The molecule has 0 fully saturated rings. The number of hydrogen-bond acceptors (Lipinski definition) is 4. The van der Waals surface area contributed by atoms with Gasteiger partial charge in [-0.2, -0.15) is 0 Å². The molecule has 0 spiro atoms. The number of amides is 1. The molecule has 142 valence electrons. The van der Waals surface area contributed by atoms with Crippen molar-refractivity contribution in [3.05, 3.63) is 53.3 Å². The van der Waals surface area contributed by atoms with Crippen molar-refractivity contribution in [3.63, 3.8) is 0 Å². The first-order valence-corrected chi connectivity index (χ1v) is 10.4. The highest BCUT2D eigenvalue weighted by molar-refractivity contribution is 7.89. The van der Waals surface area contributed by atoms with Crippen LogP contribution in [-0.2, 0) is 27.7 Å². The number of halogens is 1. The van der Waals surface area contributed by atoms with Crippen molar-refractivity contribution >= 4 is 27.3 Å². The Balaban J connectivity index is 1.55. The van der Waals surface area contributed by atoms with Crippen LogP contribution in [0.2, 0.25) is 0 Å². The van der Waals surface area contributed by atoms with E-state index in [9.17, 15) is 17.6 Å². The number of carbonyl (C=O) groups excluding carboxylic acids is 1. The molecule has 0 saturated carbocycles. The summed E-state index contributed by atoms with van der Waals surface area (Å²) in [7, 11) is -3.76. The fourth-order valence-corrected chi connectivity index (χ4v) is 4.43. The van der Waals surface area contributed by atoms with Crippen molar-refractivity contribution in [1.82, 2.24) is 0 Å². The number of benzene rings is 2. The second kappa shape index (κ2) is 6.61. The summed E-state index contributed by atoms with van der Waals surface area (Å²) in [6.07, 6.45) is 2.27. The fourth-order valence-electron chi connectivity index (χ4n) is 3.87. The smallest absolute Gasteiger partial charge is 0.246 e. The molecule has 1 amide bonds. The van der Waals surface area contributed by atoms with Gasteiger partial charge < -0.3 is 9.80 Å². The molecular formula is C19H20FN3O3S. The maximum Gasteiger partial charge on any atom is 0.246 e. The average Bonchev–Trinajstić information content (AvgIpc) is 3.04. The van der Waals surface area contributed by atoms with Crippen LogP contribution in [0.4, 0.5) is 15.8 Å². The highest BCUT2D eigenvalue weighted by atomic mass is 32.2. The molecule has 6 nitrogen and oxygen atoms in total. The minimum absolute atomic E-state index is 0.0579. The molecule has 2 aromatic rings. The van der Waals surface area contributed by atoms with E-state index in [-0.39, 0.29) is 23.2 Å². The van der Waals surface area contributed by atoms with E-state index in [1.165, 1.54) is 24.3 Å². The molecule has 2 heterocycles. The van der Waals surface area contributed by atoms with Gasteiger partial charge in [0.05, 0.1) is 11.4 Å². The maximum absolute atomic E-state index is 13.5. The number of hydrogen-bond donors (Lipinski definition) is 1. The third-order valence-corrected chi connectivity index (χ3v) is 6.07. The Kier molecular flexibility index (Phi) is 4.39. The summed E-state index contributed by atoms with van der Waals surface area (Å²) in [6, 6.07) is 9.29. The lowest BCUT2D eigenvalue weighted by Crippen LogP contribution is -2.41. The lowest BCUT2D eigenvalue weighted by atomic mass is 10.0. The van der Waals surface area contributed by atoms with Gasteiger partial charge in [-0.05, 0) is 66.8 Å². The molecule has 0 saturated heterocycles. The second-order valence-corrected chi connectivity index (χ2v) is 8.49. The van der Waals surface area contributed by atoms with Gasteiger partial charge in [-0.25, -0.2) is 17.9 Å². The van der Waals surface area contributed by atoms with Crippen LogP contribution in [0.3, 0.4) is 0 Å². The van der Waals surface area contributed by atoms with Crippen LogP contribution in [0.15, 0.2) is 41.3 Å². The van der Waals surface area contributed by atoms with Gasteiger partial charge in [0.1, 0.15) is 5.82 Å². The first kappa shape index (κ1) is 17.9. The molecule has 0 atom stereocenters. The van der Waals surface area contributed by atoms with Gasteiger partial charge in [-0.1, -0.05) is 0 Å². The maximum atomic E-state index is 13.5. The number of fused-ring (bicyclic) bond motifs is 2. The third kappa shape index (κ3) is 3.42. The Bertz CT molecular complexity index is 1020. The standard InChI is InChI=1S/C19H20FN3O3S/c20-15-3-5-17-13(10-15)2-1-8-22(17)12-19(24)23-9-7-14-11-16(27(21,25)26)4-6-18(14)23/h3-6,10-11H,1-2,7-9,12H2,(H2,21,25,26). The van der Waals surface area contributed by atoms with Crippen molar-refractivity contribution in [3.8, 4) is 0 Å². The summed E-state index contributed by atoms with van der Waals surface area (Å²) in [5.74, 6) is -0.324. The molecule has 0 aromatic heterocycles. The monoisotopic (exact) mass is 389 g/mol. The summed E-state index contributed by atoms with van der Waals surface area (Å²) in [6.45, 7) is 1.46. The number of carbonyl (C=O) groups is 1. The quantitative estimate of drug-likeness (QED) is 0.868. The lowest BCUT2D eigenvalue weighted by Gasteiger charge is -2.32. The van der Waals surface area contributed by atoms with Crippen LogP contribution in [-0.4, -0.2) is 34.0 Å². The van der Waals surface area contributed by atoms with Crippen molar-refractivity contribution in [2.45, 2.75) is 24.2 Å². The van der Waals surface area contributed by atoms with Crippen LogP contribution in [0.5, 0.6) is 0 Å². The molecule has 4 rings (SSSR count). The molecule has 8 heteroatoms. The Morgan fingerprint density at radius 3 is 2.56 bits per heavy atom. The number of primary sulfonamides is 1. The zero-order chi connectivity index (χ0) is 19.2. The summed E-state index contributed by atoms with van der Waals surface area (Å²) in [4.78, 5) is 16.6. The van der Waals surface area contributed by atoms with Gasteiger partial charge in [0.2, 0.25) is 15.9 Å². The first-order chi connectivity index (χ1) is 12.8. The van der Waals surface area contributed by atoms with Crippen molar-refractivity contribution in [2.75, 3.05) is 29.4 Å². The average molecular weight is 389 g/mol. The Morgan fingerprint density at radius 2 is 1.78 bits per heavy atom. The third-order valence-electron chi connectivity index (χ3n) is 5.16. The van der Waals surface area contributed by atoms with E-state index >= 15 is 0 Å². The van der Waals surface area contributed by atoms with E-state index < -0.39 is 10.0 Å². The van der Waals surface area contributed by atoms with E-state index in [0.717, 1.165) is 41.9 Å². The van der Waals surface area contributed by atoms with E-state index in [2.05, 4.69) is 0 Å². The molecule has 0 radical (unpaired) electrons. The van der Waals surface area contributed by atoms with E-state index in [4.69, 9.17) is 5.14 Å². The van der Waals surface area contributed by atoms with Crippen LogP contribution >= 0.6 is 0 Å². The van der Waals surface area contributed by atoms with Gasteiger partial charge in [0, 0.05) is 24.5 Å². The van der Waals surface area contributed by atoms with Gasteiger partial charge in [-0.15, -0.1) is 0 Å². The predicted octanol–water partition coefficient (Wildman–Crippen LogP) is 1.81. The molecule has 0 bridgehead atoms. The molecule has 0 aliphatic carbocycles. The van der Waals surface area contributed by atoms with Crippen molar-refractivity contribution in [1.29, 1.82) is 0 Å². The molecule has 0 unspecified atom stereocenters. The second-order valence-electron chi connectivity index (χ2n) is 6.93. The molecule has 2 aliphatic heterocycles. The minimum Gasteiger partial charge on any atom is -0.362 e. The number of sulfonamides is 1. The number of nitrogens with zero attached hydrogens (tertiary/aromatic N) is 2. The summed E-state index contributed by atoms with van der Waals surface area (Å²) in [5.41, 5.74) is 3.35. The molecule has 2 aromatic carbocycles. The number of nitrogens with two attached hydrogens (primary N) is 1. The number of anilines is 2. The molecule has 2 N–H and O–H groups in total. The van der Waals surface area contributed by atoms with Gasteiger partial charge in [-0.3, -0.25) is 4.79 Å².